The maximum Gasteiger partial charge on any atom is 0.171 e. The Kier molecular flexibility index (Phi) is 3.05. The normalized spacial score (nSPS) is 10.4. The van der Waals surface area contributed by atoms with Crippen LogP contribution in [0.4, 0.5) is 0 Å². The summed E-state index contributed by atoms with van der Waals surface area (Å²) in [6.45, 7) is 3.62. The second-order valence-corrected chi connectivity index (χ2v) is 4.49. The van der Waals surface area contributed by atoms with Crippen molar-refractivity contribution in [1.82, 2.24) is 15.2 Å². The fourth-order valence-electron chi connectivity index (χ4n) is 1.41. The van der Waals surface area contributed by atoms with Crippen LogP contribution in [0.2, 0.25) is 0 Å². The zero-order chi connectivity index (χ0) is 11.5. The molecule has 0 aliphatic heterocycles. The molecule has 0 atom stereocenters. The lowest BCUT2D eigenvalue weighted by atomic mass is 10.1. The number of aryl methyl sites for hydroxylation is 2. The highest BCUT2D eigenvalue weighted by molar-refractivity contribution is 7.09. The first kappa shape index (κ1) is 10.9. The van der Waals surface area contributed by atoms with Gasteiger partial charge in [0.15, 0.2) is 5.78 Å². The largest absolute Gasteiger partial charge is 0.294 e. The van der Waals surface area contributed by atoms with Crippen molar-refractivity contribution in [2.24, 2.45) is 0 Å². The number of rotatable bonds is 3. The zero-order valence-electron chi connectivity index (χ0n) is 9.10. The molecule has 0 radical (unpaired) electrons. The van der Waals surface area contributed by atoms with Crippen molar-refractivity contribution in [2.45, 2.75) is 20.3 Å². The molecule has 0 N–H and O–H groups in total. The maximum atomic E-state index is 12.0. The summed E-state index contributed by atoms with van der Waals surface area (Å²) < 4.78 is 0. The van der Waals surface area contributed by atoms with E-state index in [1.165, 1.54) is 11.3 Å². The molecule has 2 aromatic rings. The van der Waals surface area contributed by atoms with Crippen molar-refractivity contribution >= 4 is 17.1 Å². The molecule has 0 fully saturated rings. The molecule has 82 valence electrons. The van der Waals surface area contributed by atoms with Gasteiger partial charge in [-0.05, 0) is 19.9 Å². The first-order valence-corrected chi connectivity index (χ1v) is 5.77. The molecule has 0 aromatic carbocycles. The van der Waals surface area contributed by atoms with Gasteiger partial charge >= 0.3 is 0 Å². The van der Waals surface area contributed by atoms with Crippen LogP contribution in [-0.2, 0) is 6.42 Å². The summed E-state index contributed by atoms with van der Waals surface area (Å²) in [4.78, 5) is 16.1. The van der Waals surface area contributed by atoms with E-state index in [1.54, 1.807) is 19.2 Å². The van der Waals surface area contributed by atoms with Crippen LogP contribution in [0.25, 0.3) is 0 Å². The number of carbonyl (C=O) groups excluding carboxylic acids is 1. The van der Waals surface area contributed by atoms with Gasteiger partial charge < -0.3 is 0 Å². The summed E-state index contributed by atoms with van der Waals surface area (Å²) in [5.74, 6) is 0.0467. The maximum absolute atomic E-state index is 12.0. The molecule has 2 rings (SSSR count). The second-order valence-electron chi connectivity index (χ2n) is 3.51. The van der Waals surface area contributed by atoms with Gasteiger partial charge in [-0.1, -0.05) is 0 Å². The molecule has 0 aliphatic carbocycles. The van der Waals surface area contributed by atoms with E-state index in [0.29, 0.717) is 17.7 Å². The van der Waals surface area contributed by atoms with Gasteiger partial charge in [0, 0.05) is 17.1 Å². The smallest absolute Gasteiger partial charge is 0.171 e. The monoisotopic (exact) mass is 233 g/mol. The molecule has 2 heterocycles. The van der Waals surface area contributed by atoms with Gasteiger partial charge in [0.1, 0.15) is 5.01 Å². The van der Waals surface area contributed by atoms with Gasteiger partial charge in [-0.25, -0.2) is 4.98 Å². The topological polar surface area (TPSA) is 55.7 Å². The molecule has 0 saturated heterocycles. The van der Waals surface area contributed by atoms with E-state index in [1.807, 2.05) is 12.3 Å². The standard InChI is InChI=1S/C11H11N3OS/c1-7-5-9(8(2)14-13-7)10(15)6-11-12-3-4-16-11/h3-5H,6H2,1-2H3. The third kappa shape index (κ3) is 2.30. The number of thiazole rings is 1. The highest BCUT2D eigenvalue weighted by atomic mass is 32.1. The summed E-state index contributed by atoms with van der Waals surface area (Å²) >= 11 is 1.49. The van der Waals surface area contributed by atoms with Crippen LogP contribution in [0.5, 0.6) is 0 Å². The van der Waals surface area contributed by atoms with Gasteiger partial charge in [-0.3, -0.25) is 4.79 Å². The van der Waals surface area contributed by atoms with Gasteiger partial charge in [0.2, 0.25) is 0 Å². The molecule has 0 saturated carbocycles. The molecule has 0 amide bonds. The third-order valence-corrected chi connectivity index (χ3v) is 2.98. The quantitative estimate of drug-likeness (QED) is 0.761. The van der Waals surface area contributed by atoms with Gasteiger partial charge in [-0.2, -0.15) is 10.2 Å². The van der Waals surface area contributed by atoms with Crippen molar-refractivity contribution in [3.63, 3.8) is 0 Å². The molecule has 0 aliphatic rings. The summed E-state index contributed by atoms with van der Waals surface area (Å²) in [5.41, 5.74) is 2.07. The molecule has 0 bridgehead atoms. The minimum Gasteiger partial charge on any atom is -0.294 e. The molecule has 4 nitrogen and oxygen atoms in total. The van der Waals surface area contributed by atoms with Gasteiger partial charge in [0.25, 0.3) is 0 Å². The van der Waals surface area contributed by atoms with E-state index >= 15 is 0 Å². The fourth-order valence-corrected chi connectivity index (χ4v) is 2.02. The van der Waals surface area contributed by atoms with Crippen molar-refractivity contribution < 1.29 is 4.79 Å². The van der Waals surface area contributed by atoms with E-state index in [9.17, 15) is 4.79 Å². The predicted molar refractivity (Wildman–Crippen MR) is 61.7 cm³/mol. The summed E-state index contributed by atoms with van der Waals surface area (Å²) in [5, 5.41) is 10.5. The Balaban J connectivity index is 2.24. The van der Waals surface area contributed by atoms with Crippen molar-refractivity contribution in [2.75, 3.05) is 0 Å². The highest BCUT2D eigenvalue weighted by Gasteiger charge is 2.12. The Labute approximate surface area is 97.4 Å². The lowest BCUT2D eigenvalue weighted by Gasteiger charge is -2.02. The van der Waals surface area contributed by atoms with Crippen LogP contribution >= 0.6 is 11.3 Å². The fraction of sp³-hybridized carbons (Fsp3) is 0.273. The summed E-state index contributed by atoms with van der Waals surface area (Å²) in [6.07, 6.45) is 2.04. The number of hydrogen-bond acceptors (Lipinski definition) is 5. The molecule has 16 heavy (non-hydrogen) atoms. The zero-order valence-corrected chi connectivity index (χ0v) is 9.91. The van der Waals surface area contributed by atoms with Crippen LogP contribution in [0, 0.1) is 13.8 Å². The Hall–Kier alpha value is -1.62. The first-order valence-electron chi connectivity index (χ1n) is 4.89. The molecular weight excluding hydrogens is 222 g/mol. The Morgan fingerprint density at radius 2 is 2.19 bits per heavy atom. The average molecular weight is 233 g/mol. The van der Waals surface area contributed by atoms with E-state index in [0.717, 1.165) is 10.7 Å². The van der Waals surface area contributed by atoms with Crippen molar-refractivity contribution in [1.29, 1.82) is 0 Å². The predicted octanol–water partition coefficient (Wildman–Crippen LogP) is 1.98. The van der Waals surface area contributed by atoms with Crippen LogP contribution < -0.4 is 0 Å². The Morgan fingerprint density at radius 3 is 2.88 bits per heavy atom. The SMILES string of the molecule is Cc1cc(C(=O)Cc2nccs2)c(C)nn1. The number of hydrogen-bond donors (Lipinski definition) is 0. The third-order valence-electron chi connectivity index (χ3n) is 2.20. The molecule has 5 heteroatoms. The molecule has 0 unspecified atom stereocenters. The number of nitrogens with zero attached hydrogens (tertiary/aromatic N) is 3. The number of aromatic nitrogens is 3. The number of ketones is 1. The van der Waals surface area contributed by atoms with Crippen LogP contribution in [0.15, 0.2) is 17.6 Å². The number of carbonyl (C=O) groups is 1. The highest BCUT2D eigenvalue weighted by Crippen LogP contribution is 2.12. The second kappa shape index (κ2) is 4.49. The van der Waals surface area contributed by atoms with E-state index in [-0.39, 0.29) is 5.78 Å². The van der Waals surface area contributed by atoms with Gasteiger partial charge in [-0.15, -0.1) is 11.3 Å². The molecule has 0 spiro atoms. The lowest BCUT2D eigenvalue weighted by Crippen LogP contribution is -2.08. The number of Topliss-reactive ketones (excluding diaryl/α,β-unsaturated/α-hetero) is 1. The Bertz CT molecular complexity index is 508. The van der Waals surface area contributed by atoms with E-state index < -0.39 is 0 Å². The minimum absolute atomic E-state index is 0.0467. The molecular formula is C11H11N3OS. The van der Waals surface area contributed by atoms with Crippen LogP contribution in [-0.4, -0.2) is 21.0 Å². The molecule has 2 aromatic heterocycles. The lowest BCUT2D eigenvalue weighted by molar-refractivity contribution is 0.0991. The van der Waals surface area contributed by atoms with Crippen molar-refractivity contribution in [3.8, 4) is 0 Å². The van der Waals surface area contributed by atoms with Crippen LogP contribution in [0.3, 0.4) is 0 Å². The van der Waals surface area contributed by atoms with Crippen molar-refractivity contribution in [3.05, 3.63) is 39.6 Å². The summed E-state index contributed by atoms with van der Waals surface area (Å²) in [6, 6.07) is 1.78. The van der Waals surface area contributed by atoms with Crippen LogP contribution in [0.1, 0.15) is 26.8 Å². The van der Waals surface area contributed by atoms with E-state index in [4.69, 9.17) is 0 Å². The van der Waals surface area contributed by atoms with Gasteiger partial charge in [0.05, 0.1) is 17.8 Å². The summed E-state index contributed by atoms with van der Waals surface area (Å²) in [7, 11) is 0. The first-order chi connectivity index (χ1) is 7.66. The average Bonchev–Trinajstić information content (AvgIpc) is 2.74. The minimum atomic E-state index is 0.0467. The van der Waals surface area contributed by atoms with E-state index in [2.05, 4.69) is 15.2 Å². The Morgan fingerprint density at radius 1 is 1.38 bits per heavy atom.